The third-order valence-electron chi connectivity index (χ3n) is 4.85. The van der Waals surface area contributed by atoms with Crippen LogP contribution < -0.4 is 5.32 Å². The van der Waals surface area contributed by atoms with Crippen molar-refractivity contribution in [2.45, 2.75) is 25.9 Å². The van der Waals surface area contributed by atoms with E-state index in [1.54, 1.807) is 18.5 Å². The van der Waals surface area contributed by atoms with E-state index >= 15 is 0 Å². The summed E-state index contributed by atoms with van der Waals surface area (Å²) in [6.07, 6.45) is 2.59. The van der Waals surface area contributed by atoms with Crippen LogP contribution in [0.5, 0.6) is 0 Å². The fourth-order valence-corrected chi connectivity index (χ4v) is 3.67. The molecule has 0 unspecified atom stereocenters. The zero-order valence-electron chi connectivity index (χ0n) is 15.1. The van der Waals surface area contributed by atoms with Crippen LogP contribution >= 0.6 is 0 Å². The van der Waals surface area contributed by atoms with Crippen LogP contribution in [0.25, 0.3) is 0 Å². The van der Waals surface area contributed by atoms with E-state index in [9.17, 15) is 9.18 Å². The van der Waals surface area contributed by atoms with Crippen LogP contribution in [0.1, 0.15) is 35.5 Å². The second-order valence-electron chi connectivity index (χ2n) is 6.82. The Morgan fingerprint density at radius 1 is 1.30 bits per heavy atom. The molecular weight excluding hydrogens is 343 g/mol. The Labute approximate surface area is 157 Å². The van der Waals surface area contributed by atoms with E-state index in [4.69, 9.17) is 0 Å². The predicted octanol–water partition coefficient (Wildman–Crippen LogP) is 3.65. The van der Waals surface area contributed by atoms with Crippen molar-refractivity contribution in [3.05, 3.63) is 83.2 Å². The van der Waals surface area contributed by atoms with Crippen molar-refractivity contribution >= 4 is 11.6 Å². The van der Waals surface area contributed by atoms with Crippen molar-refractivity contribution in [2.24, 2.45) is 0 Å². The van der Waals surface area contributed by atoms with Crippen LogP contribution in [0.2, 0.25) is 0 Å². The van der Waals surface area contributed by atoms with Crippen LogP contribution in [0.4, 0.5) is 10.1 Å². The van der Waals surface area contributed by atoms with E-state index in [1.807, 2.05) is 30.3 Å². The molecule has 0 fully saturated rings. The number of nitrogens with zero attached hydrogens (tertiary/aromatic N) is 2. The van der Waals surface area contributed by atoms with E-state index in [-0.39, 0.29) is 17.8 Å². The van der Waals surface area contributed by atoms with Crippen molar-refractivity contribution in [1.82, 2.24) is 14.9 Å². The Bertz CT molecular complexity index is 951. The number of carbonyl (C=O) groups excluding carboxylic acids is 1. The molecule has 2 aromatic carbocycles. The van der Waals surface area contributed by atoms with Crippen LogP contribution in [0, 0.1) is 5.82 Å². The highest BCUT2D eigenvalue weighted by Crippen LogP contribution is 2.34. The van der Waals surface area contributed by atoms with Gasteiger partial charge in [0.15, 0.2) is 0 Å². The van der Waals surface area contributed by atoms with Gasteiger partial charge in [0.25, 0.3) is 0 Å². The molecule has 1 aliphatic heterocycles. The fraction of sp³-hybridized carbons (Fsp3) is 0.238. The number of amides is 1. The van der Waals surface area contributed by atoms with Gasteiger partial charge in [-0.15, -0.1) is 0 Å². The second kappa shape index (κ2) is 7.32. The minimum absolute atomic E-state index is 0.0870. The fourth-order valence-electron chi connectivity index (χ4n) is 3.67. The van der Waals surface area contributed by atoms with E-state index in [2.05, 4.69) is 20.2 Å². The number of anilines is 1. The molecule has 1 aromatic heterocycles. The maximum Gasteiger partial charge on any atom is 0.221 e. The number of halogens is 1. The van der Waals surface area contributed by atoms with Gasteiger partial charge in [-0.3, -0.25) is 9.69 Å². The summed E-state index contributed by atoms with van der Waals surface area (Å²) in [4.78, 5) is 21.2. The van der Waals surface area contributed by atoms with E-state index in [0.717, 1.165) is 41.2 Å². The predicted molar refractivity (Wildman–Crippen MR) is 102 cm³/mol. The number of hydrogen-bond acceptors (Lipinski definition) is 3. The molecule has 0 bridgehead atoms. The highest BCUT2D eigenvalue weighted by atomic mass is 19.1. The second-order valence-corrected chi connectivity index (χ2v) is 6.82. The molecule has 0 saturated carbocycles. The lowest BCUT2D eigenvalue weighted by Gasteiger charge is -2.35. The Morgan fingerprint density at radius 3 is 2.85 bits per heavy atom. The molecular formula is C21H21FN4O. The summed E-state index contributed by atoms with van der Waals surface area (Å²) in [7, 11) is 0. The summed E-state index contributed by atoms with van der Waals surface area (Å²) < 4.78 is 13.8. The number of imidazole rings is 1. The van der Waals surface area contributed by atoms with Crippen LogP contribution in [-0.4, -0.2) is 27.3 Å². The quantitative estimate of drug-likeness (QED) is 0.743. The first kappa shape index (κ1) is 17.4. The first-order chi connectivity index (χ1) is 13.1. The zero-order chi connectivity index (χ0) is 18.8. The summed E-state index contributed by atoms with van der Waals surface area (Å²) in [6.45, 7) is 3.06. The van der Waals surface area contributed by atoms with Gasteiger partial charge in [0.2, 0.25) is 5.91 Å². The van der Waals surface area contributed by atoms with Gasteiger partial charge in [-0.05, 0) is 35.4 Å². The molecule has 6 heteroatoms. The molecule has 0 saturated heterocycles. The standard InChI is InChI=1S/C21H21FN4O/c1-14(27)25-18-7-5-15(6-8-18)12-26-10-9-19-20(24-13-23-19)21(26)16-3-2-4-17(22)11-16/h2-8,11,13,21H,9-10,12H2,1H3,(H,23,24)(H,25,27)/t21-/m1/s1. The third kappa shape index (κ3) is 3.75. The Hall–Kier alpha value is -2.99. The Morgan fingerprint density at radius 2 is 2.11 bits per heavy atom. The summed E-state index contributed by atoms with van der Waals surface area (Å²) in [5.74, 6) is -0.328. The molecule has 1 atom stereocenters. The lowest BCUT2D eigenvalue weighted by atomic mass is 9.95. The summed E-state index contributed by atoms with van der Waals surface area (Å²) in [5, 5.41) is 2.78. The number of aromatic nitrogens is 2. The number of carbonyl (C=O) groups is 1. The zero-order valence-corrected chi connectivity index (χ0v) is 15.1. The van der Waals surface area contributed by atoms with Crippen LogP contribution in [-0.2, 0) is 17.8 Å². The molecule has 2 heterocycles. The van der Waals surface area contributed by atoms with Gasteiger partial charge >= 0.3 is 0 Å². The van der Waals surface area contributed by atoms with Crippen molar-refractivity contribution in [3.63, 3.8) is 0 Å². The lowest BCUT2D eigenvalue weighted by Crippen LogP contribution is -2.35. The molecule has 3 aromatic rings. The first-order valence-corrected chi connectivity index (χ1v) is 8.98. The monoisotopic (exact) mass is 364 g/mol. The number of rotatable bonds is 4. The molecule has 1 amide bonds. The van der Waals surface area contributed by atoms with E-state index in [1.165, 1.54) is 13.0 Å². The lowest BCUT2D eigenvalue weighted by molar-refractivity contribution is -0.114. The number of H-pyrrole nitrogens is 1. The number of fused-ring (bicyclic) bond motifs is 1. The maximum atomic E-state index is 13.8. The Balaban J connectivity index is 1.62. The van der Waals surface area contributed by atoms with Crippen LogP contribution in [0.3, 0.4) is 0 Å². The summed E-state index contributed by atoms with van der Waals surface area (Å²) in [5.41, 5.74) is 4.88. The highest BCUT2D eigenvalue weighted by Gasteiger charge is 2.31. The largest absolute Gasteiger partial charge is 0.348 e. The molecule has 138 valence electrons. The van der Waals surface area contributed by atoms with Gasteiger partial charge in [0, 0.05) is 37.8 Å². The van der Waals surface area contributed by atoms with Crippen LogP contribution in [0.15, 0.2) is 54.9 Å². The number of nitrogens with one attached hydrogen (secondary N) is 2. The summed E-state index contributed by atoms with van der Waals surface area (Å²) in [6, 6.07) is 14.5. The number of hydrogen-bond donors (Lipinski definition) is 2. The van der Waals surface area contributed by atoms with Gasteiger partial charge in [0.05, 0.1) is 18.1 Å². The van der Waals surface area contributed by atoms with E-state index < -0.39 is 0 Å². The van der Waals surface area contributed by atoms with Gasteiger partial charge in [0.1, 0.15) is 5.82 Å². The number of benzene rings is 2. The molecule has 27 heavy (non-hydrogen) atoms. The SMILES string of the molecule is CC(=O)Nc1ccc(CN2CCc3[nH]cnc3[C@H]2c2cccc(F)c2)cc1. The average Bonchev–Trinajstić information content (AvgIpc) is 3.11. The van der Waals surface area contributed by atoms with Crippen molar-refractivity contribution < 1.29 is 9.18 Å². The topological polar surface area (TPSA) is 61.0 Å². The minimum Gasteiger partial charge on any atom is -0.348 e. The molecule has 5 nitrogen and oxygen atoms in total. The molecule has 0 aliphatic carbocycles. The van der Waals surface area contributed by atoms with Gasteiger partial charge in [-0.2, -0.15) is 0 Å². The molecule has 2 N–H and O–H groups in total. The van der Waals surface area contributed by atoms with Gasteiger partial charge in [-0.1, -0.05) is 24.3 Å². The molecule has 0 spiro atoms. The minimum atomic E-state index is -0.241. The van der Waals surface area contributed by atoms with Gasteiger partial charge < -0.3 is 10.3 Å². The van der Waals surface area contributed by atoms with E-state index in [0.29, 0.717) is 6.54 Å². The number of aromatic amines is 1. The molecule has 4 rings (SSSR count). The first-order valence-electron chi connectivity index (χ1n) is 8.98. The maximum absolute atomic E-state index is 13.8. The summed E-state index contributed by atoms with van der Waals surface area (Å²) >= 11 is 0. The highest BCUT2D eigenvalue weighted by molar-refractivity contribution is 5.88. The Kier molecular flexibility index (Phi) is 4.73. The van der Waals surface area contributed by atoms with Crippen molar-refractivity contribution in [3.8, 4) is 0 Å². The molecule has 0 radical (unpaired) electrons. The average molecular weight is 364 g/mol. The van der Waals surface area contributed by atoms with Crippen molar-refractivity contribution in [2.75, 3.05) is 11.9 Å². The third-order valence-corrected chi connectivity index (χ3v) is 4.85. The smallest absolute Gasteiger partial charge is 0.221 e. The van der Waals surface area contributed by atoms with Crippen molar-refractivity contribution in [1.29, 1.82) is 0 Å². The van der Waals surface area contributed by atoms with Gasteiger partial charge in [-0.25, -0.2) is 9.37 Å². The molecule has 1 aliphatic rings. The normalized spacial score (nSPS) is 16.7.